The highest BCUT2D eigenvalue weighted by Crippen LogP contribution is 2.34. The Morgan fingerprint density at radius 1 is 1.10 bits per heavy atom. The smallest absolute Gasteiger partial charge is 0.324 e. The molecule has 31 heavy (non-hydrogen) atoms. The Balaban J connectivity index is 1.58. The van der Waals surface area contributed by atoms with Gasteiger partial charge in [-0.3, -0.25) is 9.52 Å². The van der Waals surface area contributed by atoms with Gasteiger partial charge in [-0.05, 0) is 53.9 Å². The van der Waals surface area contributed by atoms with E-state index in [9.17, 15) is 26.4 Å². The third-order valence-electron chi connectivity index (χ3n) is 3.80. The van der Waals surface area contributed by atoms with E-state index in [4.69, 9.17) is 11.6 Å². The lowest BCUT2D eigenvalue weighted by atomic mass is 10.2. The molecule has 5 nitrogen and oxygen atoms in total. The first-order chi connectivity index (χ1) is 14.5. The molecule has 2 N–H and O–H groups in total. The molecule has 0 saturated carbocycles. The predicted octanol–water partition coefficient (Wildman–Crippen LogP) is 5.95. The van der Waals surface area contributed by atoms with Gasteiger partial charge < -0.3 is 5.32 Å². The number of rotatable bonds is 7. The van der Waals surface area contributed by atoms with Crippen LogP contribution in [-0.2, 0) is 21.0 Å². The van der Waals surface area contributed by atoms with Crippen molar-refractivity contribution in [1.82, 2.24) is 0 Å². The van der Waals surface area contributed by atoms with Gasteiger partial charge in [-0.15, -0.1) is 23.1 Å². The van der Waals surface area contributed by atoms with Crippen LogP contribution in [-0.4, -0.2) is 20.1 Å². The first-order valence-electron chi connectivity index (χ1n) is 8.50. The average molecular weight is 507 g/mol. The van der Waals surface area contributed by atoms with E-state index in [1.54, 1.807) is 35.7 Å². The van der Waals surface area contributed by atoms with E-state index in [0.717, 1.165) is 41.3 Å². The summed E-state index contributed by atoms with van der Waals surface area (Å²) in [4.78, 5) is 12.8. The Kier molecular flexibility index (Phi) is 7.20. The molecule has 0 aliphatic rings. The number of hydrogen-bond donors (Lipinski definition) is 2. The van der Waals surface area contributed by atoms with Gasteiger partial charge in [-0.25, -0.2) is 8.42 Å². The van der Waals surface area contributed by atoms with Crippen molar-refractivity contribution >= 4 is 62.0 Å². The van der Waals surface area contributed by atoms with Crippen LogP contribution in [0.4, 0.5) is 24.5 Å². The number of anilines is 2. The van der Waals surface area contributed by atoms with E-state index < -0.39 is 27.7 Å². The van der Waals surface area contributed by atoms with Crippen molar-refractivity contribution in [2.24, 2.45) is 0 Å². The molecule has 3 aromatic rings. The molecular weight excluding hydrogens is 493 g/mol. The normalized spacial score (nSPS) is 11.9. The van der Waals surface area contributed by atoms with Crippen LogP contribution in [0.5, 0.6) is 0 Å². The van der Waals surface area contributed by atoms with Gasteiger partial charge in [0.15, 0.2) is 0 Å². The molecule has 1 amide bonds. The minimum atomic E-state index is -4.55. The predicted molar refractivity (Wildman–Crippen MR) is 117 cm³/mol. The summed E-state index contributed by atoms with van der Waals surface area (Å²) in [6.45, 7) is 0. The Morgan fingerprint density at radius 2 is 1.81 bits per heavy atom. The monoisotopic (exact) mass is 506 g/mol. The first kappa shape index (κ1) is 23.5. The van der Waals surface area contributed by atoms with Gasteiger partial charge in [-0.2, -0.15) is 13.2 Å². The van der Waals surface area contributed by atoms with E-state index in [-0.39, 0.29) is 20.7 Å². The largest absolute Gasteiger partial charge is 0.416 e. The van der Waals surface area contributed by atoms with Crippen molar-refractivity contribution in [1.29, 1.82) is 0 Å². The number of alkyl halides is 3. The van der Waals surface area contributed by atoms with Crippen LogP contribution in [0, 0.1) is 0 Å². The standard InChI is InChI=1S/C19H14ClF3N2O3S3/c20-15-8-3-12(19(21,22)23)10-16(15)24-17(26)11-30-14-6-4-13(5-7-14)25-31(27,28)18-2-1-9-29-18/h1-10,25H,11H2,(H,24,26). The van der Waals surface area contributed by atoms with E-state index in [1.165, 1.54) is 6.07 Å². The number of thiophene rings is 1. The van der Waals surface area contributed by atoms with Crippen LogP contribution in [0.3, 0.4) is 0 Å². The summed E-state index contributed by atoms with van der Waals surface area (Å²) in [5.41, 5.74) is -0.682. The van der Waals surface area contributed by atoms with Crippen molar-refractivity contribution in [2.75, 3.05) is 15.8 Å². The summed E-state index contributed by atoms with van der Waals surface area (Å²) < 4.78 is 65.5. The van der Waals surface area contributed by atoms with Gasteiger partial charge in [0, 0.05) is 10.6 Å². The number of benzene rings is 2. The Bertz CT molecular complexity index is 1170. The molecule has 0 spiro atoms. The van der Waals surface area contributed by atoms with Gasteiger partial charge in [0.25, 0.3) is 10.0 Å². The number of amides is 1. The molecule has 0 atom stereocenters. The van der Waals surface area contributed by atoms with Gasteiger partial charge in [0.1, 0.15) is 4.21 Å². The van der Waals surface area contributed by atoms with Crippen LogP contribution in [0.15, 0.2) is 69.1 Å². The second kappa shape index (κ2) is 9.51. The third kappa shape index (κ3) is 6.39. The zero-order valence-corrected chi connectivity index (χ0v) is 18.6. The van der Waals surface area contributed by atoms with Crippen LogP contribution in [0.1, 0.15) is 5.56 Å². The molecule has 1 aromatic heterocycles. The Morgan fingerprint density at radius 3 is 2.42 bits per heavy atom. The SMILES string of the molecule is O=C(CSc1ccc(NS(=O)(=O)c2cccs2)cc1)Nc1cc(C(F)(F)F)ccc1Cl. The fraction of sp³-hybridized carbons (Fsp3) is 0.105. The summed E-state index contributed by atoms with van der Waals surface area (Å²) in [6.07, 6.45) is -4.55. The number of carbonyl (C=O) groups excluding carboxylic acids is 1. The number of sulfonamides is 1. The molecular formula is C19H14ClF3N2O3S3. The van der Waals surface area contributed by atoms with Gasteiger partial charge in [0.05, 0.1) is 22.0 Å². The minimum absolute atomic E-state index is 0.00581. The molecule has 0 radical (unpaired) electrons. The summed E-state index contributed by atoms with van der Waals surface area (Å²) in [6, 6.07) is 12.2. The van der Waals surface area contributed by atoms with Crippen LogP contribution in [0.25, 0.3) is 0 Å². The molecule has 2 aromatic carbocycles. The van der Waals surface area contributed by atoms with Crippen LogP contribution < -0.4 is 10.0 Å². The van der Waals surface area contributed by atoms with Crippen molar-refractivity contribution in [3.8, 4) is 0 Å². The van der Waals surface area contributed by atoms with Crippen molar-refractivity contribution in [3.63, 3.8) is 0 Å². The minimum Gasteiger partial charge on any atom is -0.324 e. The summed E-state index contributed by atoms with van der Waals surface area (Å²) in [5, 5.41) is 4.02. The maximum absolute atomic E-state index is 12.8. The van der Waals surface area contributed by atoms with Gasteiger partial charge in [-0.1, -0.05) is 17.7 Å². The van der Waals surface area contributed by atoms with Crippen molar-refractivity contribution < 1.29 is 26.4 Å². The number of nitrogens with one attached hydrogen (secondary N) is 2. The molecule has 0 aliphatic heterocycles. The zero-order chi connectivity index (χ0) is 22.6. The second-order valence-corrected chi connectivity index (χ2v) is 10.4. The number of thioether (sulfide) groups is 1. The number of hydrogen-bond acceptors (Lipinski definition) is 5. The average Bonchev–Trinajstić information content (AvgIpc) is 3.24. The molecule has 0 saturated heterocycles. The lowest BCUT2D eigenvalue weighted by Crippen LogP contribution is -2.15. The van der Waals surface area contributed by atoms with E-state index >= 15 is 0 Å². The van der Waals surface area contributed by atoms with Crippen molar-refractivity contribution in [3.05, 3.63) is 70.6 Å². The van der Waals surface area contributed by atoms with Crippen LogP contribution in [0.2, 0.25) is 5.02 Å². The molecule has 0 aliphatic carbocycles. The molecule has 164 valence electrons. The highest BCUT2D eigenvalue weighted by Gasteiger charge is 2.31. The molecule has 0 bridgehead atoms. The maximum atomic E-state index is 12.8. The quantitative estimate of drug-likeness (QED) is 0.388. The lowest BCUT2D eigenvalue weighted by molar-refractivity contribution is -0.137. The molecule has 12 heteroatoms. The highest BCUT2D eigenvalue weighted by molar-refractivity contribution is 8.00. The number of carbonyl (C=O) groups is 1. The Hall–Kier alpha value is -2.21. The fourth-order valence-electron chi connectivity index (χ4n) is 2.37. The molecule has 0 unspecified atom stereocenters. The zero-order valence-electron chi connectivity index (χ0n) is 15.4. The summed E-state index contributed by atoms with van der Waals surface area (Å²) in [7, 11) is -3.66. The highest BCUT2D eigenvalue weighted by atomic mass is 35.5. The Labute approximate surface area is 189 Å². The molecule has 0 fully saturated rings. The van der Waals surface area contributed by atoms with Crippen LogP contribution >= 0.6 is 34.7 Å². The van der Waals surface area contributed by atoms with Gasteiger partial charge in [0.2, 0.25) is 5.91 Å². The fourth-order valence-corrected chi connectivity index (χ4v) is 5.29. The molecule has 3 rings (SSSR count). The topological polar surface area (TPSA) is 75.3 Å². The second-order valence-electron chi connectivity index (χ2n) is 6.09. The van der Waals surface area contributed by atoms with Gasteiger partial charge >= 0.3 is 6.18 Å². The number of halogens is 4. The van der Waals surface area contributed by atoms with E-state index in [0.29, 0.717) is 10.6 Å². The van der Waals surface area contributed by atoms with E-state index in [1.807, 2.05) is 0 Å². The van der Waals surface area contributed by atoms with Crippen molar-refractivity contribution in [2.45, 2.75) is 15.3 Å². The first-order valence-corrected chi connectivity index (χ1v) is 12.2. The summed E-state index contributed by atoms with van der Waals surface area (Å²) in [5.74, 6) is -0.610. The summed E-state index contributed by atoms with van der Waals surface area (Å²) >= 11 is 8.10. The third-order valence-corrected chi connectivity index (χ3v) is 7.92. The molecule has 1 heterocycles. The van der Waals surface area contributed by atoms with E-state index in [2.05, 4.69) is 10.0 Å². The lowest BCUT2D eigenvalue weighted by Gasteiger charge is -2.11. The maximum Gasteiger partial charge on any atom is 0.416 e.